The predicted molar refractivity (Wildman–Crippen MR) is 79.6 cm³/mol. The molecule has 1 N–H and O–H groups in total. The SMILES string of the molecule is COc1ccc(C(=O)N[C@@H]2CCCC[C@H]2C)cc1Br. The molecule has 0 bridgehead atoms. The van der Waals surface area contributed by atoms with Gasteiger partial charge in [0.15, 0.2) is 0 Å². The zero-order valence-electron chi connectivity index (χ0n) is 11.4. The van der Waals surface area contributed by atoms with Crippen LogP contribution in [0.3, 0.4) is 0 Å². The van der Waals surface area contributed by atoms with Gasteiger partial charge in [-0.25, -0.2) is 0 Å². The van der Waals surface area contributed by atoms with Gasteiger partial charge in [0, 0.05) is 11.6 Å². The van der Waals surface area contributed by atoms with E-state index < -0.39 is 0 Å². The third kappa shape index (κ3) is 3.50. The molecule has 1 aromatic rings. The van der Waals surface area contributed by atoms with Crippen molar-refractivity contribution in [3.05, 3.63) is 28.2 Å². The monoisotopic (exact) mass is 325 g/mol. The van der Waals surface area contributed by atoms with Crippen LogP contribution < -0.4 is 10.1 Å². The fraction of sp³-hybridized carbons (Fsp3) is 0.533. The van der Waals surface area contributed by atoms with E-state index in [1.165, 1.54) is 19.3 Å². The first kappa shape index (κ1) is 14.4. The van der Waals surface area contributed by atoms with Gasteiger partial charge in [-0.05, 0) is 52.9 Å². The lowest BCUT2D eigenvalue weighted by molar-refractivity contribution is 0.0910. The largest absolute Gasteiger partial charge is 0.496 e. The summed E-state index contributed by atoms with van der Waals surface area (Å²) in [5, 5.41) is 3.15. The summed E-state index contributed by atoms with van der Waals surface area (Å²) < 4.78 is 5.97. The molecule has 1 aliphatic carbocycles. The highest BCUT2D eigenvalue weighted by atomic mass is 79.9. The average molecular weight is 326 g/mol. The van der Waals surface area contributed by atoms with E-state index in [9.17, 15) is 4.79 Å². The number of benzene rings is 1. The molecule has 1 aromatic carbocycles. The molecule has 0 saturated heterocycles. The highest BCUT2D eigenvalue weighted by molar-refractivity contribution is 9.10. The smallest absolute Gasteiger partial charge is 0.251 e. The van der Waals surface area contributed by atoms with E-state index in [1.807, 2.05) is 12.1 Å². The van der Waals surface area contributed by atoms with E-state index in [-0.39, 0.29) is 5.91 Å². The van der Waals surface area contributed by atoms with E-state index in [2.05, 4.69) is 28.2 Å². The topological polar surface area (TPSA) is 38.3 Å². The molecule has 4 heteroatoms. The lowest BCUT2D eigenvalue weighted by Gasteiger charge is -2.29. The molecule has 19 heavy (non-hydrogen) atoms. The second-order valence-electron chi connectivity index (χ2n) is 5.19. The molecule has 0 aliphatic heterocycles. The quantitative estimate of drug-likeness (QED) is 0.918. The normalized spacial score (nSPS) is 22.9. The first-order valence-corrected chi connectivity index (χ1v) is 7.55. The molecular weight excluding hydrogens is 306 g/mol. The van der Waals surface area contributed by atoms with Crippen molar-refractivity contribution in [2.45, 2.75) is 38.6 Å². The number of methoxy groups -OCH3 is 1. The Morgan fingerprint density at radius 2 is 2.11 bits per heavy atom. The maximum absolute atomic E-state index is 12.2. The van der Waals surface area contributed by atoms with Crippen molar-refractivity contribution in [2.75, 3.05) is 7.11 Å². The minimum absolute atomic E-state index is 0.00195. The minimum Gasteiger partial charge on any atom is -0.496 e. The molecular formula is C15H20BrNO2. The highest BCUT2D eigenvalue weighted by Crippen LogP contribution is 2.27. The number of carbonyl (C=O) groups excluding carboxylic acids is 1. The van der Waals surface area contributed by atoms with E-state index >= 15 is 0 Å². The van der Waals surface area contributed by atoms with Gasteiger partial charge in [0.1, 0.15) is 5.75 Å². The molecule has 0 unspecified atom stereocenters. The van der Waals surface area contributed by atoms with Gasteiger partial charge < -0.3 is 10.1 Å². The number of ether oxygens (including phenoxy) is 1. The summed E-state index contributed by atoms with van der Waals surface area (Å²) in [6.07, 6.45) is 4.78. The van der Waals surface area contributed by atoms with Crippen molar-refractivity contribution in [3.8, 4) is 5.75 Å². The molecule has 0 aromatic heterocycles. The number of carbonyl (C=O) groups is 1. The van der Waals surface area contributed by atoms with Crippen molar-refractivity contribution in [2.24, 2.45) is 5.92 Å². The lowest BCUT2D eigenvalue weighted by atomic mass is 9.86. The zero-order valence-corrected chi connectivity index (χ0v) is 13.0. The molecule has 0 spiro atoms. The Morgan fingerprint density at radius 1 is 1.37 bits per heavy atom. The Kier molecular flexibility index (Phi) is 4.86. The van der Waals surface area contributed by atoms with Gasteiger partial charge in [-0.15, -0.1) is 0 Å². The van der Waals surface area contributed by atoms with Crippen molar-refractivity contribution < 1.29 is 9.53 Å². The van der Waals surface area contributed by atoms with Gasteiger partial charge in [0.05, 0.1) is 11.6 Å². The van der Waals surface area contributed by atoms with E-state index in [4.69, 9.17) is 4.74 Å². The number of halogens is 1. The van der Waals surface area contributed by atoms with Crippen LogP contribution in [0.2, 0.25) is 0 Å². The molecule has 1 saturated carbocycles. The Bertz CT molecular complexity index is 461. The number of nitrogens with one attached hydrogen (secondary N) is 1. The van der Waals surface area contributed by atoms with Crippen molar-refractivity contribution in [1.29, 1.82) is 0 Å². The fourth-order valence-corrected chi connectivity index (χ4v) is 3.13. The Morgan fingerprint density at radius 3 is 2.74 bits per heavy atom. The van der Waals surface area contributed by atoms with Crippen molar-refractivity contribution in [3.63, 3.8) is 0 Å². The molecule has 1 fully saturated rings. The van der Waals surface area contributed by atoms with Crippen LogP contribution in [-0.2, 0) is 0 Å². The molecule has 104 valence electrons. The number of amides is 1. The summed E-state index contributed by atoms with van der Waals surface area (Å²) in [4.78, 5) is 12.2. The van der Waals surface area contributed by atoms with Crippen LogP contribution in [0, 0.1) is 5.92 Å². The summed E-state index contributed by atoms with van der Waals surface area (Å²) in [7, 11) is 1.61. The van der Waals surface area contributed by atoms with E-state index in [0.717, 1.165) is 16.6 Å². The third-order valence-electron chi connectivity index (χ3n) is 3.84. The van der Waals surface area contributed by atoms with Gasteiger partial charge >= 0.3 is 0 Å². The van der Waals surface area contributed by atoms with Gasteiger partial charge in [-0.1, -0.05) is 19.8 Å². The molecule has 2 rings (SSSR count). The predicted octanol–water partition coefficient (Wildman–Crippen LogP) is 3.77. The lowest BCUT2D eigenvalue weighted by Crippen LogP contribution is -2.41. The molecule has 3 nitrogen and oxygen atoms in total. The van der Waals surface area contributed by atoms with Crippen molar-refractivity contribution >= 4 is 21.8 Å². The van der Waals surface area contributed by atoms with Gasteiger partial charge in [0.2, 0.25) is 0 Å². The summed E-state index contributed by atoms with van der Waals surface area (Å²) in [6, 6.07) is 5.72. The van der Waals surface area contributed by atoms with Crippen LogP contribution in [-0.4, -0.2) is 19.1 Å². The minimum atomic E-state index is 0.00195. The van der Waals surface area contributed by atoms with Gasteiger partial charge in [0.25, 0.3) is 5.91 Å². The maximum atomic E-state index is 12.2. The summed E-state index contributed by atoms with van der Waals surface area (Å²) in [5.74, 6) is 1.31. The van der Waals surface area contributed by atoms with E-state index in [0.29, 0.717) is 17.5 Å². The van der Waals surface area contributed by atoms with Crippen LogP contribution >= 0.6 is 15.9 Å². The van der Waals surface area contributed by atoms with E-state index in [1.54, 1.807) is 13.2 Å². The van der Waals surface area contributed by atoms with Crippen molar-refractivity contribution in [1.82, 2.24) is 5.32 Å². The maximum Gasteiger partial charge on any atom is 0.251 e. The Labute approximate surface area is 122 Å². The second-order valence-corrected chi connectivity index (χ2v) is 6.05. The van der Waals surface area contributed by atoms with Gasteiger partial charge in [-0.2, -0.15) is 0 Å². The third-order valence-corrected chi connectivity index (χ3v) is 4.46. The van der Waals surface area contributed by atoms with Crippen LogP contribution in [0.1, 0.15) is 43.0 Å². The summed E-state index contributed by atoms with van der Waals surface area (Å²) in [6.45, 7) is 2.22. The summed E-state index contributed by atoms with van der Waals surface area (Å²) >= 11 is 3.41. The first-order chi connectivity index (χ1) is 9.11. The van der Waals surface area contributed by atoms with Crippen LogP contribution in [0.4, 0.5) is 0 Å². The molecule has 2 atom stereocenters. The number of rotatable bonds is 3. The number of hydrogen-bond donors (Lipinski definition) is 1. The molecule has 1 aliphatic rings. The fourth-order valence-electron chi connectivity index (χ4n) is 2.59. The first-order valence-electron chi connectivity index (χ1n) is 6.76. The van der Waals surface area contributed by atoms with Gasteiger partial charge in [-0.3, -0.25) is 4.79 Å². The molecule has 0 radical (unpaired) electrons. The zero-order chi connectivity index (χ0) is 13.8. The van der Waals surface area contributed by atoms with Crippen LogP contribution in [0.25, 0.3) is 0 Å². The number of hydrogen-bond acceptors (Lipinski definition) is 2. The van der Waals surface area contributed by atoms with Crippen LogP contribution in [0.5, 0.6) is 5.75 Å². The standard InChI is InChI=1S/C15H20BrNO2/c1-10-5-3-4-6-13(10)17-15(18)11-7-8-14(19-2)12(16)9-11/h7-10,13H,3-6H2,1-2H3,(H,17,18)/t10-,13-/m1/s1. The molecule has 1 amide bonds. The Hall–Kier alpha value is -1.03. The molecule has 0 heterocycles. The summed E-state index contributed by atoms with van der Waals surface area (Å²) in [5.41, 5.74) is 0.672. The second kappa shape index (κ2) is 6.42. The highest BCUT2D eigenvalue weighted by Gasteiger charge is 2.23. The average Bonchev–Trinajstić information content (AvgIpc) is 2.41. The Balaban J connectivity index is 2.05. The van der Waals surface area contributed by atoms with Crippen LogP contribution in [0.15, 0.2) is 22.7 Å².